The molecule has 0 spiro atoms. The predicted octanol–water partition coefficient (Wildman–Crippen LogP) is 3.40. The van der Waals surface area contributed by atoms with Crippen molar-refractivity contribution < 1.29 is 27.8 Å². The van der Waals surface area contributed by atoms with Gasteiger partial charge in [-0.2, -0.15) is 13.2 Å². The first-order valence-corrected chi connectivity index (χ1v) is 9.77. The Balaban J connectivity index is 0.00000450. The van der Waals surface area contributed by atoms with Gasteiger partial charge in [-0.3, -0.25) is 0 Å². The smallest absolute Gasteiger partial charge is 0.422 e. The van der Waals surface area contributed by atoms with Gasteiger partial charge in [0.05, 0.1) is 13.2 Å². The summed E-state index contributed by atoms with van der Waals surface area (Å²) in [5.41, 5.74) is 1.11. The number of aliphatic imine (C=N–C) groups is 1. The third-order valence-electron chi connectivity index (χ3n) is 4.89. The molecule has 0 unspecified atom stereocenters. The molecule has 0 radical (unpaired) electrons. The van der Waals surface area contributed by atoms with E-state index < -0.39 is 12.8 Å². The zero-order chi connectivity index (χ0) is 21.3. The van der Waals surface area contributed by atoms with E-state index in [0.29, 0.717) is 37.8 Å². The Kier molecular flexibility index (Phi) is 11.2. The summed E-state index contributed by atoms with van der Waals surface area (Å²) in [6, 6.07) is 5.12. The van der Waals surface area contributed by atoms with Crippen LogP contribution in [0, 0.1) is 12.3 Å². The number of aliphatic hydroxyl groups is 1. The SMILES string of the molecule is CCNC(=NCc1ccc(C)cc1OCC(F)(F)F)NCC1(CO)CCOCC1.I. The summed E-state index contributed by atoms with van der Waals surface area (Å²) >= 11 is 0. The lowest BCUT2D eigenvalue weighted by atomic mass is 9.81. The summed E-state index contributed by atoms with van der Waals surface area (Å²) in [4.78, 5) is 4.49. The predicted molar refractivity (Wildman–Crippen MR) is 121 cm³/mol. The van der Waals surface area contributed by atoms with Crippen LogP contribution in [0.5, 0.6) is 5.75 Å². The number of ether oxygens (including phenoxy) is 2. The van der Waals surface area contributed by atoms with Gasteiger partial charge < -0.3 is 25.2 Å². The number of aryl methyl sites for hydroxylation is 1. The highest BCUT2D eigenvalue weighted by Gasteiger charge is 2.32. The van der Waals surface area contributed by atoms with Crippen LogP contribution in [0.3, 0.4) is 0 Å². The van der Waals surface area contributed by atoms with Gasteiger partial charge in [-0.05, 0) is 38.3 Å². The van der Waals surface area contributed by atoms with E-state index in [2.05, 4.69) is 15.6 Å². The van der Waals surface area contributed by atoms with E-state index in [1.807, 2.05) is 13.0 Å². The summed E-state index contributed by atoms with van der Waals surface area (Å²) in [6.45, 7) is 4.98. The fraction of sp³-hybridized carbons (Fsp3) is 0.650. The molecule has 1 aliphatic rings. The topological polar surface area (TPSA) is 75.1 Å². The molecule has 0 amide bonds. The van der Waals surface area contributed by atoms with Gasteiger partial charge in [0.1, 0.15) is 5.75 Å². The third kappa shape index (κ3) is 8.84. The molecule has 1 saturated heterocycles. The lowest BCUT2D eigenvalue weighted by molar-refractivity contribution is -0.153. The van der Waals surface area contributed by atoms with E-state index in [-0.39, 0.29) is 48.3 Å². The highest BCUT2D eigenvalue weighted by molar-refractivity contribution is 14.0. The molecule has 1 aromatic rings. The zero-order valence-corrected chi connectivity index (χ0v) is 19.7. The van der Waals surface area contributed by atoms with E-state index in [1.54, 1.807) is 19.1 Å². The maximum atomic E-state index is 12.5. The molecule has 1 heterocycles. The maximum Gasteiger partial charge on any atom is 0.422 e. The number of hydrogen-bond acceptors (Lipinski definition) is 4. The molecule has 1 aromatic carbocycles. The van der Waals surface area contributed by atoms with Gasteiger partial charge in [-0.1, -0.05) is 12.1 Å². The van der Waals surface area contributed by atoms with Crippen molar-refractivity contribution in [1.29, 1.82) is 0 Å². The largest absolute Gasteiger partial charge is 0.484 e. The normalized spacial score (nSPS) is 16.5. The molecule has 6 nitrogen and oxygen atoms in total. The van der Waals surface area contributed by atoms with Crippen molar-refractivity contribution in [2.75, 3.05) is 39.5 Å². The molecule has 0 bridgehead atoms. The van der Waals surface area contributed by atoms with E-state index >= 15 is 0 Å². The molecule has 10 heteroatoms. The van der Waals surface area contributed by atoms with Crippen molar-refractivity contribution in [1.82, 2.24) is 10.6 Å². The number of alkyl halides is 3. The van der Waals surface area contributed by atoms with Gasteiger partial charge >= 0.3 is 6.18 Å². The first-order chi connectivity index (χ1) is 13.8. The fourth-order valence-electron chi connectivity index (χ4n) is 3.06. The molecule has 30 heavy (non-hydrogen) atoms. The monoisotopic (exact) mass is 545 g/mol. The van der Waals surface area contributed by atoms with Crippen LogP contribution in [0.1, 0.15) is 30.9 Å². The Hall–Kier alpha value is -1.27. The van der Waals surface area contributed by atoms with Crippen LogP contribution in [0.2, 0.25) is 0 Å². The van der Waals surface area contributed by atoms with Crippen LogP contribution in [-0.4, -0.2) is 56.8 Å². The van der Waals surface area contributed by atoms with Gasteiger partial charge in [-0.15, -0.1) is 24.0 Å². The van der Waals surface area contributed by atoms with Gasteiger partial charge in [0.15, 0.2) is 12.6 Å². The molecular formula is C20H31F3IN3O3. The van der Waals surface area contributed by atoms with Crippen LogP contribution in [0.25, 0.3) is 0 Å². The zero-order valence-electron chi connectivity index (χ0n) is 17.3. The molecular weight excluding hydrogens is 514 g/mol. The van der Waals surface area contributed by atoms with E-state index in [4.69, 9.17) is 9.47 Å². The second kappa shape index (κ2) is 12.6. The summed E-state index contributed by atoms with van der Waals surface area (Å²) in [7, 11) is 0. The third-order valence-corrected chi connectivity index (χ3v) is 4.89. The summed E-state index contributed by atoms with van der Waals surface area (Å²) in [5.74, 6) is 0.715. The minimum Gasteiger partial charge on any atom is -0.484 e. The van der Waals surface area contributed by atoms with Crippen LogP contribution < -0.4 is 15.4 Å². The molecule has 0 aromatic heterocycles. The minimum absolute atomic E-state index is 0. The van der Waals surface area contributed by atoms with Crippen molar-refractivity contribution in [2.45, 2.75) is 39.4 Å². The average molecular weight is 545 g/mol. The van der Waals surface area contributed by atoms with Crippen molar-refractivity contribution in [3.8, 4) is 5.75 Å². The minimum atomic E-state index is -4.40. The van der Waals surface area contributed by atoms with E-state index in [0.717, 1.165) is 18.4 Å². The second-order valence-corrected chi connectivity index (χ2v) is 7.33. The number of rotatable bonds is 8. The quantitative estimate of drug-likeness (QED) is 0.266. The maximum absolute atomic E-state index is 12.5. The first-order valence-electron chi connectivity index (χ1n) is 9.77. The molecule has 1 fully saturated rings. The van der Waals surface area contributed by atoms with Crippen molar-refractivity contribution >= 4 is 29.9 Å². The lowest BCUT2D eigenvalue weighted by Crippen LogP contribution is -2.47. The molecule has 2 rings (SSSR count). The number of benzene rings is 1. The standard InChI is InChI=1S/C20H30F3N3O3.HI/c1-3-24-18(26-12-19(13-27)6-8-28-9-7-19)25-11-16-5-4-15(2)10-17(16)29-14-20(21,22)23;/h4-5,10,27H,3,6-9,11-14H2,1-2H3,(H2,24,25,26);1H. The Morgan fingerprint density at radius 1 is 1.27 bits per heavy atom. The van der Waals surface area contributed by atoms with Gasteiger partial charge in [0, 0.05) is 37.3 Å². The summed E-state index contributed by atoms with van der Waals surface area (Å²) < 4.78 is 48.0. The number of nitrogens with one attached hydrogen (secondary N) is 2. The Morgan fingerprint density at radius 3 is 2.57 bits per heavy atom. The fourth-order valence-corrected chi connectivity index (χ4v) is 3.06. The van der Waals surface area contributed by atoms with Gasteiger partial charge in [0.25, 0.3) is 0 Å². The Labute approximate surface area is 192 Å². The number of guanidine groups is 1. The molecule has 172 valence electrons. The Morgan fingerprint density at radius 2 is 1.97 bits per heavy atom. The molecule has 0 aliphatic carbocycles. The van der Waals surface area contributed by atoms with Crippen LogP contribution >= 0.6 is 24.0 Å². The number of halogens is 4. The van der Waals surface area contributed by atoms with E-state index in [9.17, 15) is 18.3 Å². The van der Waals surface area contributed by atoms with Crippen LogP contribution in [-0.2, 0) is 11.3 Å². The second-order valence-electron chi connectivity index (χ2n) is 7.33. The molecule has 1 aliphatic heterocycles. The van der Waals surface area contributed by atoms with Crippen molar-refractivity contribution in [3.63, 3.8) is 0 Å². The summed E-state index contributed by atoms with van der Waals surface area (Å²) in [6.07, 6.45) is -2.89. The van der Waals surface area contributed by atoms with Crippen molar-refractivity contribution in [2.24, 2.45) is 10.4 Å². The average Bonchev–Trinajstić information content (AvgIpc) is 2.69. The lowest BCUT2D eigenvalue weighted by Gasteiger charge is -2.36. The Bertz CT molecular complexity index is 681. The summed E-state index contributed by atoms with van der Waals surface area (Å²) in [5, 5.41) is 16.2. The van der Waals surface area contributed by atoms with Crippen molar-refractivity contribution in [3.05, 3.63) is 29.3 Å². The highest BCUT2D eigenvalue weighted by Crippen LogP contribution is 2.29. The number of aliphatic hydroxyl groups excluding tert-OH is 1. The van der Waals surface area contributed by atoms with E-state index in [1.165, 1.54) is 0 Å². The van der Waals surface area contributed by atoms with Gasteiger partial charge in [0.2, 0.25) is 0 Å². The van der Waals surface area contributed by atoms with Crippen LogP contribution in [0.4, 0.5) is 13.2 Å². The molecule has 3 N–H and O–H groups in total. The van der Waals surface area contributed by atoms with Gasteiger partial charge in [-0.25, -0.2) is 4.99 Å². The van der Waals surface area contributed by atoms with Crippen LogP contribution in [0.15, 0.2) is 23.2 Å². The number of hydrogen-bond donors (Lipinski definition) is 3. The highest BCUT2D eigenvalue weighted by atomic mass is 127. The first kappa shape index (κ1) is 26.8. The number of nitrogens with zero attached hydrogens (tertiary/aromatic N) is 1. The molecule has 0 saturated carbocycles. The molecule has 0 atom stereocenters.